The molecule has 0 aliphatic heterocycles. The first-order valence-corrected chi connectivity index (χ1v) is 12.9. The Hall–Kier alpha value is -4.14. The minimum atomic E-state index is -3.65. The summed E-state index contributed by atoms with van der Waals surface area (Å²) in [6.07, 6.45) is 0.593. The van der Waals surface area contributed by atoms with E-state index in [1.807, 2.05) is 66.7 Å². The first-order chi connectivity index (χ1) is 17.5. The van der Waals surface area contributed by atoms with Crippen molar-refractivity contribution in [2.45, 2.75) is 11.3 Å². The fourth-order valence-electron chi connectivity index (χ4n) is 3.38. The van der Waals surface area contributed by atoms with E-state index in [1.54, 1.807) is 18.2 Å². The van der Waals surface area contributed by atoms with Crippen LogP contribution in [-0.4, -0.2) is 27.5 Å². The molecule has 0 saturated heterocycles. The molecule has 2 N–H and O–H groups in total. The van der Waals surface area contributed by atoms with E-state index in [0.29, 0.717) is 35.9 Å². The predicted octanol–water partition coefficient (Wildman–Crippen LogP) is 5.02. The molecule has 4 aromatic rings. The molecule has 4 rings (SSSR count). The van der Waals surface area contributed by atoms with Gasteiger partial charge in [-0.15, -0.1) is 0 Å². The van der Waals surface area contributed by atoms with Gasteiger partial charge in [0.1, 0.15) is 11.5 Å². The molecule has 184 valence electrons. The second-order valence-electron chi connectivity index (χ2n) is 7.85. The summed E-state index contributed by atoms with van der Waals surface area (Å²) in [5, 5.41) is 2.78. The summed E-state index contributed by atoms with van der Waals surface area (Å²) in [5.41, 5.74) is 1.56. The number of nitrogens with one attached hydrogen (secondary N) is 2. The van der Waals surface area contributed by atoms with E-state index in [-0.39, 0.29) is 17.4 Å². The number of hydrogen-bond donors (Lipinski definition) is 2. The molecule has 0 aromatic heterocycles. The molecule has 0 radical (unpaired) electrons. The smallest absolute Gasteiger partial charge is 0.262 e. The van der Waals surface area contributed by atoms with Gasteiger partial charge in [0.15, 0.2) is 12.4 Å². The zero-order valence-electron chi connectivity index (χ0n) is 19.5. The molecule has 0 fully saturated rings. The molecular weight excluding hydrogens is 476 g/mol. The first-order valence-electron chi connectivity index (χ1n) is 11.4. The van der Waals surface area contributed by atoms with Crippen molar-refractivity contribution in [2.75, 3.05) is 18.5 Å². The molecular formula is C28H26N2O5S. The van der Waals surface area contributed by atoms with Crippen LogP contribution in [0.1, 0.15) is 5.56 Å². The van der Waals surface area contributed by atoms with Gasteiger partial charge in [-0.25, -0.2) is 13.1 Å². The van der Waals surface area contributed by atoms with Crippen LogP contribution in [0.2, 0.25) is 0 Å². The summed E-state index contributed by atoms with van der Waals surface area (Å²) < 4.78 is 39.1. The van der Waals surface area contributed by atoms with Gasteiger partial charge in [-0.1, -0.05) is 60.7 Å². The van der Waals surface area contributed by atoms with Crippen molar-refractivity contribution in [3.8, 4) is 17.2 Å². The molecule has 0 spiro atoms. The molecule has 4 aromatic carbocycles. The van der Waals surface area contributed by atoms with Gasteiger partial charge in [0.25, 0.3) is 5.91 Å². The highest BCUT2D eigenvalue weighted by molar-refractivity contribution is 7.89. The predicted molar refractivity (Wildman–Crippen MR) is 139 cm³/mol. The Balaban J connectivity index is 1.28. The summed E-state index contributed by atoms with van der Waals surface area (Å²) in [6, 6.07) is 32.0. The Kier molecular flexibility index (Phi) is 8.33. The van der Waals surface area contributed by atoms with Gasteiger partial charge in [0.05, 0.1) is 10.6 Å². The fourth-order valence-corrected chi connectivity index (χ4v) is 4.41. The van der Waals surface area contributed by atoms with Crippen LogP contribution in [0.4, 0.5) is 5.69 Å². The highest BCUT2D eigenvalue weighted by Gasteiger charge is 2.14. The summed E-state index contributed by atoms with van der Waals surface area (Å²) >= 11 is 0. The van der Waals surface area contributed by atoms with Crippen LogP contribution < -0.4 is 19.5 Å². The van der Waals surface area contributed by atoms with Crippen molar-refractivity contribution < 1.29 is 22.7 Å². The Morgan fingerprint density at radius 2 is 1.36 bits per heavy atom. The highest BCUT2D eigenvalue weighted by atomic mass is 32.2. The fraction of sp³-hybridized carbons (Fsp3) is 0.107. The van der Waals surface area contributed by atoms with Crippen molar-refractivity contribution in [1.29, 1.82) is 0 Å². The lowest BCUT2D eigenvalue weighted by Crippen LogP contribution is -2.26. The Labute approximate surface area is 210 Å². The summed E-state index contributed by atoms with van der Waals surface area (Å²) in [4.78, 5) is 12.6. The lowest BCUT2D eigenvalue weighted by molar-refractivity contribution is -0.118. The Bertz CT molecular complexity index is 1380. The van der Waals surface area contributed by atoms with Gasteiger partial charge in [0, 0.05) is 6.54 Å². The molecule has 0 aliphatic carbocycles. The van der Waals surface area contributed by atoms with Gasteiger partial charge in [0.2, 0.25) is 10.0 Å². The van der Waals surface area contributed by atoms with Crippen molar-refractivity contribution >= 4 is 21.6 Å². The molecule has 8 heteroatoms. The number of benzene rings is 4. The van der Waals surface area contributed by atoms with E-state index in [0.717, 1.165) is 5.56 Å². The standard InChI is InChI=1S/C28H26N2O5S/c31-28(30-26-13-7-8-14-27(26)35-24-11-5-2-6-12-24)21-34-23-15-17-25(18-16-23)36(32,33)29-20-19-22-9-3-1-4-10-22/h1-18,29H,19-21H2,(H,30,31). The Morgan fingerprint density at radius 1 is 0.722 bits per heavy atom. The molecule has 0 bridgehead atoms. The number of sulfonamides is 1. The van der Waals surface area contributed by atoms with Gasteiger partial charge in [-0.3, -0.25) is 4.79 Å². The average molecular weight is 503 g/mol. The van der Waals surface area contributed by atoms with E-state index < -0.39 is 10.0 Å². The van der Waals surface area contributed by atoms with Gasteiger partial charge in [-0.05, 0) is 60.5 Å². The van der Waals surface area contributed by atoms with Gasteiger partial charge < -0.3 is 14.8 Å². The van der Waals surface area contributed by atoms with Crippen LogP contribution >= 0.6 is 0 Å². The number of anilines is 1. The molecule has 0 unspecified atom stereocenters. The quantitative estimate of drug-likeness (QED) is 0.300. The molecule has 0 aliphatic rings. The monoisotopic (exact) mass is 502 g/mol. The van der Waals surface area contributed by atoms with Gasteiger partial charge >= 0.3 is 0 Å². The average Bonchev–Trinajstić information content (AvgIpc) is 2.90. The lowest BCUT2D eigenvalue weighted by atomic mass is 10.2. The number of carbonyl (C=O) groups is 1. The van der Waals surface area contributed by atoms with E-state index in [2.05, 4.69) is 10.0 Å². The first kappa shape index (κ1) is 25.0. The normalized spacial score (nSPS) is 11.0. The zero-order chi connectivity index (χ0) is 25.2. The third-order valence-electron chi connectivity index (χ3n) is 5.18. The van der Waals surface area contributed by atoms with E-state index in [4.69, 9.17) is 9.47 Å². The molecule has 7 nitrogen and oxygen atoms in total. The minimum absolute atomic E-state index is 0.124. The van der Waals surface area contributed by atoms with Crippen molar-refractivity contribution in [1.82, 2.24) is 4.72 Å². The van der Waals surface area contributed by atoms with Crippen LogP contribution in [0.5, 0.6) is 17.2 Å². The van der Waals surface area contributed by atoms with E-state index >= 15 is 0 Å². The summed E-state index contributed by atoms with van der Waals surface area (Å²) in [7, 11) is -3.65. The number of para-hydroxylation sites is 3. The van der Waals surface area contributed by atoms with Crippen LogP contribution in [0, 0.1) is 0 Å². The van der Waals surface area contributed by atoms with Crippen molar-refractivity contribution in [3.63, 3.8) is 0 Å². The number of carbonyl (C=O) groups excluding carboxylic acids is 1. The topological polar surface area (TPSA) is 93.7 Å². The maximum atomic E-state index is 12.5. The Morgan fingerprint density at radius 3 is 2.08 bits per heavy atom. The van der Waals surface area contributed by atoms with Crippen molar-refractivity contribution in [3.05, 3.63) is 115 Å². The molecule has 0 heterocycles. The number of ether oxygens (including phenoxy) is 2. The maximum Gasteiger partial charge on any atom is 0.262 e. The summed E-state index contributed by atoms with van der Waals surface area (Å²) in [6.45, 7) is 0.0430. The maximum absolute atomic E-state index is 12.5. The van der Waals surface area contributed by atoms with Crippen LogP contribution in [-0.2, 0) is 21.2 Å². The summed E-state index contributed by atoms with van der Waals surface area (Å²) in [5.74, 6) is 1.16. The molecule has 0 saturated carbocycles. The SMILES string of the molecule is O=C(COc1ccc(S(=O)(=O)NCCc2ccccc2)cc1)Nc1ccccc1Oc1ccccc1. The van der Waals surface area contributed by atoms with E-state index in [1.165, 1.54) is 24.3 Å². The molecule has 36 heavy (non-hydrogen) atoms. The third kappa shape index (κ3) is 7.18. The highest BCUT2D eigenvalue weighted by Crippen LogP contribution is 2.29. The number of hydrogen-bond acceptors (Lipinski definition) is 5. The van der Waals surface area contributed by atoms with Gasteiger partial charge in [-0.2, -0.15) is 0 Å². The lowest BCUT2D eigenvalue weighted by Gasteiger charge is -2.13. The van der Waals surface area contributed by atoms with Crippen LogP contribution in [0.15, 0.2) is 114 Å². The third-order valence-corrected chi connectivity index (χ3v) is 6.66. The van der Waals surface area contributed by atoms with E-state index in [9.17, 15) is 13.2 Å². The molecule has 1 amide bonds. The second kappa shape index (κ2) is 12.0. The van der Waals surface area contributed by atoms with Crippen LogP contribution in [0.3, 0.4) is 0 Å². The van der Waals surface area contributed by atoms with Crippen LogP contribution in [0.25, 0.3) is 0 Å². The molecule has 0 atom stereocenters. The number of amides is 1. The largest absolute Gasteiger partial charge is 0.484 e. The second-order valence-corrected chi connectivity index (χ2v) is 9.62. The van der Waals surface area contributed by atoms with Crippen molar-refractivity contribution in [2.24, 2.45) is 0 Å². The zero-order valence-corrected chi connectivity index (χ0v) is 20.3. The minimum Gasteiger partial charge on any atom is -0.484 e. The number of rotatable bonds is 11.